The smallest absolute Gasteiger partial charge is 0.0136 e. The normalized spacial score (nSPS) is 24.2. The summed E-state index contributed by atoms with van der Waals surface area (Å²) < 4.78 is 0. The molecule has 1 heteroatoms. The van der Waals surface area contributed by atoms with Crippen LogP contribution in [0.2, 0.25) is 0 Å². The molecule has 0 spiro atoms. The molecule has 1 aromatic carbocycles. The Morgan fingerprint density at radius 2 is 1.94 bits per heavy atom. The highest BCUT2D eigenvalue weighted by Gasteiger charge is 2.26. The number of hydrogen-bond donors (Lipinski definition) is 1. The first-order valence-electron chi connectivity index (χ1n) is 7.53. The number of hydrogen-bond acceptors (Lipinski definition) is 1. The van der Waals surface area contributed by atoms with Crippen LogP contribution in [-0.4, -0.2) is 12.6 Å². The summed E-state index contributed by atoms with van der Waals surface area (Å²) in [6.07, 6.45) is 6.71. The van der Waals surface area contributed by atoms with Gasteiger partial charge in [-0.15, -0.1) is 0 Å². The van der Waals surface area contributed by atoms with Gasteiger partial charge in [-0.05, 0) is 56.7 Å². The molecule has 1 fully saturated rings. The predicted molar refractivity (Wildman–Crippen MR) is 79.2 cm³/mol. The molecule has 1 nitrogen and oxygen atoms in total. The molecule has 0 aliphatic heterocycles. The lowest BCUT2D eigenvalue weighted by Crippen LogP contribution is -2.37. The fourth-order valence-electron chi connectivity index (χ4n) is 3.32. The summed E-state index contributed by atoms with van der Waals surface area (Å²) in [5.41, 5.74) is 4.43. The largest absolute Gasteiger partial charge is 0.313 e. The third-order valence-electron chi connectivity index (χ3n) is 4.25. The van der Waals surface area contributed by atoms with Crippen molar-refractivity contribution in [2.75, 3.05) is 6.54 Å². The van der Waals surface area contributed by atoms with Crippen LogP contribution in [0.3, 0.4) is 0 Å². The molecule has 0 aromatic heterocycles. The number of aryl methyl sites for hydroxylation is 2. The Morgan fingerprint density at radius 3 is 2.67 bits per heavy atom. The van der Waals surface area contributed by atoms with Crippen LogP contribution in [0, 0.1) is 13.8 Å². The van der Waals surface area contributed by atoms with E-state index in [9.17, 15) is 0 Å². The fourth-order valence-corrected chi connectivity index (χ4v) is 3.32. The van der Waals surface area contributed by atoms with Crippen LogP contribution >= 0.6 is 0 Å². The summed E-state index contributed by atoms with van der Waals surface area (Å²) in [4.78, 5) is 0. The molecule has 1 aromatic rings. The molecule has 0 bridgehead atoms. The SMILES string of the molecule is CCCNC1CCCCC1c1ccc(C)cc1C. The summed E-state index contributed by atoms with van der Waals surface area (Å²) in [6, 6.07) is 7.66. The molecule has 0 amide bonds. The molecule has 1 aliphatic rings. The molecule has 2 rings (SSSR count). The van der Waals surface area contributed by atoms with Gasteiger partial charge in [0, 0.05) is 6.04 Å². The van der Waals surface area contributed by atoms with E-state index in [1.54, 1.807) is 5.56 Å². The molecular formula is C17H27N. The van der Waals surface area contributed by atoms with Gasteiger partial charge in [0.2, 0.25) is 0 Å². The van der Waals surface area contributed by atoms with Gasteiger partial charge in [-0.3, -0.25) is 0 Å². The summed E-state index contributed by atoms with van der Waals surface area (Å²) >= 11 is 0. The molecule has 18 heavy (non-hydrogen) atoms. The van der Waals surface area contributed by atoms with Gasteiger partial charge in [-0.2, -0.15) is 0 Å². The van der Waals surface area contributed by atoms with Crippen molar-refractivity contribution < 1.29 is 0 Å². The average Bonchev–Trinajstić information content (AvgIpc) is 2.37. The minimum atomic E-state index is 0.695. The van der Waals surface area contributed by atoms with Gasteiger partial charge >= 0.3 is 0 Å². The van der Waals surface area contributed by atoms with Crippen molar-refractivity contribution in [1.82, 2.24) is 5.32 Å². The van der Waals surface area contributed by atoms with Crippen LogP contribution in [0.1, 0.15) is 61.6 Å². The van der Waals surface area contributed by atoms with E-state index in [0.717, 1.165) is 12.5 Å². The second kappa shape index (κ2) is 6.38. The van der Waals surface area contributed by atoms with Gasteiger partial charge in [0.25, 0.3) is 0 Å². The van der Waals surface area contributed by atoms with E-state index in [1.165, 1.54) is 43.2 Å². The molecule has 100 valence electrons. The summed E-state index contributed by atoms with van der Waals surface area (Å²) in [5.74, 6) is 0.728. The van der Waals surface area contributed by atoms with E-state index in [1.807, 2.05) is 0 Å². The molecular weight excluding hydrogens is 218 g/mol. The van der Waals surface area contributed by atoms with Crippen LogP contribution in [0.25, 0.3) is 0 Å². The van der Waals surface area contributed by atoms with Crippen LogP contribution in [0.4, 0.5) is 0 Å². The van der Waals surface area contributed by atoms with Crippen molar-refractivity contribution >= 4 is 0 Å². The topological polar surface area (TPSA) is 12.0 Å². The Bertz CT molecular complexity index is 383. The van der Waals surface area contributed by atoms with E-state index in [4.69, 9.17) is 0 Å². The Morgan fingerprint density at radius 1 is 1.17 bits per heavy atom. The Balaban J connectivity index is 2.16. The molecule has 1 saturated carbocycles. The maximum atomic E-state index is 3.76. The number of nitrogens with one attached hydrogen (secondary N) is 1. The molecule has 0 saturated heterocycles. The van der Waals surface area contributed by atoms with Gasteiger partial charge < -0.3 is 5.32 Å². The lowest BCUT2D eigenvalue weighted by Gasteiger charge is -2.33. The van der Waals surface area contributed by atoms with E-state index >= 15 is 0 Å². The number of rotatable bonds is 4. The first kappa shape index (κ1) is 13.6. The summed E-state index contributed by atoms with van der Waals surface area (Å²) in [7, 11) is 0. The van der Waals surface area contributed by atoms with E-state index < -0.39 is 0 Å². The van der Waals surface area contributed by atoms with Gasteiger partial charge in [-0.1, -0.05) is 43.5 Å². The molecule has 1 aliphatic carbocycles. The quantitative estimate of drug-likeness (QED) is 0.832. The fraction of sp³-hybridized carbons (Fsp3) is 0.647. The summed E-state index contributed by atoms with van der Waals surface area (Å²) in [6.45, 7) is 7.87. The Hall–Kier alpha value is -0.820. The number of benzene rings is 1. The van der Waals surface area contributed by atoms with E-state index in [-0.39, 0.29) is 0 Å². The highest BCUT2D eigenvalue weighted by molar-refractivity contribution is 5.34. The van der Waals surface area contributed by atoms with E-state index in [0.29, 0.717) is 6.04 Å². The minimum absolute atomic E-state index is 0.695. The third-order valence-corrected chi connectivity index (χ3v) is 4.25. The second-order valence-corrected chi connectivity index (χ2v) is 5.81. The average molecular weight is 245 g/mol. The van der Waals surface area contributed by atoms with Crippen LogP contribution in [-0.2, 0) is 0 Å². The van der Waals surface area contributed by atoms with Crippen molar-refractivity contribution in [1.29, 1.82) is 0 Å². The first-order valence-corrected chi connectivity index (χ1v) is 7.53. The standard InChI is InChI=1S/C17H27N/c1-4-11-18-17-8-6-5-7-16(17)15-10-9-13(2)12-14(15)3/h9-10,12,16-18H,4-8,11H2,1-3H3. The van der Waals surface area contributed by atoms with Crippen molar-refractivity contribution in [3.63, 3.8) is 0 Å². The van der Waals surface area contributed by atoms with Gasteiger partial charge in [0.15, 0.2) is 0 Å². The maximum Gasteiger partial charge on any atom is 0.0136 e. The van der Waals surface area contributed by atoms with Gasteiger partial charge in [-0.25, -0.2) is 0 Å². The van der Waals surface area contributed by atoms with Crippen LogP contribution in [0.15, 0.2) is 18.2 Å². The molecule has 0 radical (unpaired) electrons. The van der Waals surface area contributed by atoms with Crippen LogP contribution in [0.5, 0.6) is 0 Å². The van der Waals surface area contributed by atoms with Gasteiger partial charge in [0.05, 0.1) is 0 Å². The van der Waals surface area contributed by atoms with Crippen molar-refractivity contribution in [2.45, 2.75) is 64.8 Å². The summed E-state index contributed by atoms with van der Waals surface area (Å²) in [5, 5.41) is 3.76. The van der Waals surface area contributed by atoms with E-state index in [2.05, 4.69) is 44.3 Å². The second-order valence-electron chi connectivity index (χ2n) is 5.81. The van der Waals surface area contributed by atoms with Crippen molar-refractivity contribution in [3.05, 3.63) is 34.9 Å². The van der Waals surface area contributed by atoms with Crippen LogP contribution < -0.4 is 5.32 Å². The third kappa shape index (κ3) is 3.14. The highest BCUT2D eigenvalue weighted by Crippen LogP contribution is 2.34. The minimum Gasteiger partial charge on any atom is -0.313 e. The Kier molecular flexibility index (Phi) is 4.82. The Labute approximate surface area is 112 Å². The lowest BCUT2D eigenvalue weighted by molar-refractivity contribution is 0.327. The lowest BCUT2D eigenvalue weighted by atomic mass is 9.78. The molecule has 1 N–H and O–H groups in total. The molecule has 0 heterocycles. The molecule has 2 atom stereocenters. The molecule has 2 unspecified atom stereocenters. The van der Waals surface area contributed by atoms with Gasteiger partial charge in [0.1, 0.15) is 0 Å². The zero-order chi connectivity index (χ0) is 13.0. The van der Waals surface area contributed by atoms with Crippen molar-refractivity contribution in [2.24, 2.45) is 0 Å². The zero-order valence-corrected chi connectivity index (χ0v) is 12.1. The predicted octanol–water partition coefficient (Wildman–Crippen LogP) is 4.33. The maximum absolute atomic E-state index is 3.76. The first-order chi connectivity index (χ1) is 8.72. The zero-order valence-electron chi connectivity index (χ0n) is 12.1. The highest BCUT2D eigenvalue weighted by atomic mass is 14.9. The van der Waals surface area contributed by atoms with Crippen molar-refractivity contribution in [3.8, 4) is 0 Å². The monoisotopic (exact) mass is 245 g/mol.